The molecular formula is C17H15N3O7. The van der Waals surface area contributed by atoms with E-state index in [4.69, 9.17) is 4.74 Å². The van der Waals surface area contributed by atoms with Gasteiger partial charge in [0.15, 0.2) is 0 Å². The molecule has 10 nitrogen and oxygen atoms in total. The zero-order chi connectivity index (χ0) is 20.0. The zero-order valence-corrected chi connectivity index (χ0v) is 14.3. The van der Waals surface area contributed by atoms with Crippen molar-refractivity contribution in [2.45, 2.75) is 0 Å². The smallest absolute Gasteiger partial charge is 0.337 e. The fourth-order valence-corrected chi connectivity index (χ4v) is 2.07. The fourth-order valence-electron chi connectivity index (χ4n) is 2.07. The molecule has 0 aliphatic rings. The van der Waals surface area contributed by atoms with Crippen LogP contribution in [-0.2, 0) is 14.3 Å². The minimum atomic E-state index is -1.00. The molecule has 10 heteroatoms. The summed E-state index contributed by atoms with van der Waals surface area (Å²) in [7, 11) is 2.52. The van der Waals surface area contributed by atoms with Crippen LogP contribution in [0.1, 0.15) is 10.4 Å². The van der Waals surface area contributed by atoms with Crippen LogP contribution in [0.3, 0.4) is 0 Å². The van der Waals surface area contributed by atoms with Gasteiger partial charge < -0.3 is 20.1 Å². The van der Waals surface area contributed by atoms with E-state index in [1.165, 1.54) is 50.6 Å². The van der Waals surface area contributed by atoms with E-state index in [1.807, 2.05) is 0 Å². The van der Waals surface area contributed by atoms with Gasteiger partial charge >= 0.3 is 17.8 Å². The summed E-state index contributed by atoms with van der Waals surface area (Å²) in [6.45, 7) is 0. The monoisotopic (exact) mass is 373 g/mol. The normalized spacial score (nSPS) is 9.85. The van der Waals surface area contributed by atoms with Gasteiger partial charge in [0.05, 0.1) is 36.5 Å². The van der Waals surface area contributed by atoms with E-state index in [9.17, 15) is 24.5 Å². The van der Waals surface area contributed by atoms with Crippen molar-refractivity contribution >= 4 is 34.8 Å². The average Bonchev–Trinajstić information content (AvgIpc) is 2.67. The first-order valence-corrected chi connectivity index (χ1v) is 7.49. The predicted molar refractivity (Wildman–Crippen MR) is 94.7 cm³/mol. The lowest BCUT2D eigenvalue weighted by atomic mass is 10.2. The third-order valence-electron chi connectivity index (χ3n) is 3.41. The Labute approximate surface area is 153 Å². The highest BCUT2D eigenvalue weighted by Gasteiger charge is 2.18. The molecular weight excluding hydrogens is 358 g/mol. The fraction of sp³-hybridized carbons (Fsp3) is 0.118. The van der Waals surface area contributed by atoms with Gasteiger partial charge in [0, 0.05) is 11.8 Å². The predicted octanol–water partition coefficient (Wildman–Crippen LogP) is 1.97. The second kappa shape index (κ2) is 8.43. The van der Waals surface area contributed by atoms with Gasteiger partial charge in [-0.1, -0.05) is 0 Å². The second-order valence-corrected chi connectivity index (χ2v) is 5.12. The van der Waals surface area contributed by atoms with Crippen molar-refractivity contribution in [1.82, 2.24) is 0 Å². The molecule has 140 valence electrons. The van der Waals surface area contributed by atoms with E-state index in [-0.39, 0.29) is 22.7 Å². The quantitative estimate of drug-likeness (QED) is 0.354. The van der Waals surface area contributed by atoms with E-state index in [2.05, 4.69) is 15.4 Å². The molecule has 0 fully saturated rings. The zero-order valence-electron chi connectivity index (χ0n) is 14.3. The van der Waals surface area contributed by atoms with E-state index >= 15 is 0 Å². The molecule has 0 aliphatic heterocycles. The van der Waals surface area contributed by atoms with Gasteiger partial charge in [0.25, 0.3) is 5.69 Å². The first-order chi connectivity index (χ1) is 12.8. The summed E-state index contributed by atoms with van der Waals surface area (Å²) in [5, 5.41) is 15.4. The van der Waals surface area contributed by atoms with Gasteiger partial charge in [-0.25, -0.2) is 4.79 Å². The molecule has 0 aromatic heterocycles. The molecule has 2 rings (SSSR count). The number of amides is 2. The number of benzene rings is 2. The Morgan fingerprint density at radius 1 is 0.963 bits per heavy atom. The number of ether oxygens (including phenoxy) is 2. The highest BCUT2D eigenvalue weighted by molar-refractivity contribution is 6.43. The molecule has 0 radical (unpaired) electrons. The van der Waals surface area contributed by atoms with Crippen molar-refractivity contribution in [2.24, 2.45) is 0 Å². The average molecular weight is 373 g/mol. The minimum absolute atomic E-state index is 0.0350. The van der Waals surface area contributed by atoms with Crippen molar-refractivity contribution in [2.75, 3.05) is 24.9 Å². The number of nitro benzene ring substituents is 1. The van der Waals surface area contributed by atoms with Gasteiger partial charge in [-0.2, -0.15) is 0 Å². The van der Waals surface area contributed by atoms with Gasteiger partial charge in [-0.05, 0) is 30.3 Å². The Morgan fingerprint density at radius 3 is 2.15 bits per heavy atom. The molecule has 0 spiro atoms. The molecule has 2 aromatic rings. The van der Waals surface area contributed by atoms with E-state index < -0.39 is 22.7 Å². The number of nitrogens with zero attached hydrogens (tertiary/aromatic N) is 1. The van der Waals surface area contributed by atoms with E-state index in [0.717, 1.165) is 6.07 Å². The first-order valence-electron chi connectivity index (χ1n) is 7.49. The van der Waals surface area contributed by atoms with Crippen LogP contribution < -0.4 is 15.4 Å². The van der Waals surface area contributed by atoms with Crippen molar-refractivity contribution in [3.8, 4) is 5.75 Å². The Hall–Kier alpha value is -3.95. The SMILES string of the molecule is COC(=O)c1ccc(NC(=O)C(=O)Nc2ccc([N+](=O)[O-])cc2OC)cc1. The summed E-state index contributed by atoms with van der Waals surface area (Å²) >= 11 is 0. The first kappa shape index (κ1) is 19.4. The summed E-state index contributed by atoms with van der Waals surface area (Å²) < 4.78 is 9.55. The van der Waals surface area contributed by atoms with Crippen LogP contribution in [-0.4, -0.2) is 36.9 Å². The molecule has 0 saturated heterocycles. The van der Waals surface area contributed by atoms with Gasteiger partial charge in [0.1, 0.15) is 5.75 Å². The number of anilines is 2. The maximum absolute atomic E-state index is 12.0. The van der Waals surface area contributed by atoms with Gasteiger partial charge in [0.2, 0.25) is 0 Å². The van der Waals surface area contributed by atoms with E-state index in [0.29, 0.717) is 5.69 Å². The number of hydrogen-bond acceptors (Lipinski definition) is 7. The van der Waals surface area contributed by atoms with Crippen molar-refractivity contribution in [1.29, 1.82) is 0 Å². The highest BCUT2D eigenvalue weighted by Crippen LogP contribution is 2.28. The number of non-ortho nitro benzene ring substituents is 1. The lowest BCUT2D eigenvalue weighted by Gasteiger charge is -2.10. The summed E-state index contributed by atoms with van der Waals surface area (Å²) in [6, 6.07) is 9.28. The van der Waals surface area contributed by atoms with Crippen LogP contribution in [0.15, 0.2) is 42.5 Å². The second-order valence-electron chi connectivity index (χ2n) is 5.12. The number of nitrogens with one attached hydrogen (secondary N) is 2. The van der Waals surface area contributed by atoms with Crippen molar-refractivity contribution in [3.63, 3.8) is 0 Å². The Bertz CT molecular complexity index is 894. The third kappa shape index (κ3) is 4.78. The number of carbonyl (C=O) groups is 3. The molecule has 2 N–H and O–H groups in total. The summed E-state index contributed by atoms with van der Waals surface area (Å²) in [4.78, 5) is 45.6. The standard InChI is InChI=1S/C17H15N3O7/c1-26-14-9-12(20(24)25)7-8-13(14)19-16(22)15(21)18-11-5-3-10(4-6-11)17(23)27-2/h3-9H,1-2H3,(H,18,21)(H,19,22). The third-order valence-corrected chi connectivity index (χ3v) is 3.41. The van der Waals surface area contributed by atoms with Crippen LogP contribution in [0.5, 0.6) is 5.75 Å². The van der Waals surface area contributed by atoms with Gasteiger partial charge in [-0.3, -0.25) is 19.7 Å². The summed E-state index contributed by atoms with van der Waals surface area (Å²) in [5.41, 5.74) is 0.457. The number of rotatable bonds is 5. The topological polar surface area (TPSA) is 137 Å². The largest absolute Gasteiger partial charge is 0.494 e. The van der Waals surface area contributed by atoms with E-state index in [1.54, 1.807) is 0 Å². The number of methoxy groups -OCH3 is 2. The Kier molecular flexibility index (Phi) is 6.05. The molecule has 0 bridgehead atoms. The lowest BCUT2D eigenvalue weighted by molar-refractivity contribution is -0.384. The van der Waals surface area contributed by atoms with Crippen LogP contribution in [0.25, 0.3) is 0 Å². The van der Waals surface area contributed by atoms with Gasteiger partial charge in [-0.15, -0.1) is 0 Å². The molecule has 27 heavy (non-hydrogen) atoms. The maximum Gasteiger partial charge on any atom is 0.337 e. The highest BCUT2D eigenvalue weighted by atomic mass is 16.6. The maximum atomic E-state index is 12.0. The molecule has 2 amide bonds. The summed E-state index contributed by atoms with van der Waals surface area (Å²) in [6.07, 6.45) is 0. The van der Waals surface area contributed by atoms with Crippen LogP contribution in [0.4, 0.5) is 17.1 Å². The van der Waals surface area contributed by atoms with Crippen molar-refractivity contribution < 1.29 is 28.8 Å². The van der Waals surface area contributed by atoms with Crippen LogP contribution in [0, 0.1) is 10.1 Å². The van der Waals surface area contributed by atoms with Crippen LogP contribution in [0.2, 0.25) is 0 Å². The molecule has 0 heterocycles. The summed E-state index contributed by atoms with van der Waals surface area (Å²) in [5.74, 6) is -2.47. The number of esters is 1. The molecule has 0 saturated carbocycles. The lowest BCUT2D eigenvalue weighted by Crippen LogP contribution is -2.29. The number of hydrogen-bond donors (Lipinski definition) is 2. The van der Waals surface area contributed by atoms with Crippen LogP contribution >= 0.6 is 0 Å². The molecule has 0 aliphatic carbocycles. The molecule has 0 unspecified atom stereocenters. The minimum Gasteiger partial charge on any atom is -0.494 e. The number of carbonyl (C=O) groups excluding carboxylic acids is 3. The number of nitro groups is 1. The Balaban J connectivity index is 2.06. The van der Waals surface area contributed by atoms with Crippen molar-refractivity contribution in [3.05, 3.63) is 58.1 Å². The Morgan fingerprint density at radius 2 is 1.59 bits per heavy atom. The molecule has 2 aromatic carbocycles. The molecule has 0 atom stereocenters.